The molecule has 0 saturated heterocycles. The van der Waals surface area contributed by atoms with E-state index in [1.165, 1.54) is 6.08 Å². The maximum atomic E-state index is 11.7. The van der Waals surface area contributed by atoms with Crippen molar-refractivity contribution in [1.29, 1.82) is 0 Å². The second kappa shape index (κ2) is 7.55. The van der Waals surface area contributed by atoms with Gasteiger partial charge in [-0.3, -0.25) is 0 Å². The zero-order chi connectivity index (χ0) is 15.1. The molecule has 0 radical (unpaired) electrons. The van der Waals surface area contributed by atoms with Crippen LogP contribution in [-0.2, 0) is 4.79 Å². The van der Waals surface area contributed by atoms with E-state index in [0.717, 1.165) is 5.56 Å². The fraction of sp³-hybridized carbons (Fsp3) is 0.286. The monoisotopic (exact) mass is 296 g/mol. The molecule has 0 aliphatic rings. The fourth-order valence-corrected chi connectivity index (χ4v) is 1.75. The predicted octanol–water partition coefficient (Wildman–Crippen LogP) is 2.73. The maximum absolute atomic E-state index is 11.7. The molecule has 6 heteroatoms. The molecule has 0 bridgehead atoms. The van der Waals surface area contributed by atoms with Gasteiger partial charge in [-0.15, -0.1) is 6.58 Å². The van der Waals surface area contributed by atoms with Crippen LogP contribution in [0.25, 0.3) is 0 Å². The number of nitrogens with one attached hydrogen (secondary N) is 2. The van der Waals surface area contributed by atoms with E-state index in [4.69, 9.17) is 16.7 Å². The Kier molecular flexibility index (Phi) is 6.06. The Balaban J connectivity index is 2.58. The maximum Gasteiger partial charge on any atom is 0.326 e. The zero-order valence-corrected chi connectivity index (χ0v) is 11.9. The Morgan fingerprint density at radius 3 is 2.45 bits per heavy atom. The molecule has 0 aromatic heterocycles. The van der Waals surface area contributed by atoms with E-state index in [-0.39, 0.29) is 12.5 Å². The van der Waals surface area contributed by atoms with Gasteiger partial charge in [0, 0.05) is 5.02 Å². The molecule has 108 valence electrons. The van der Waals surface area contributed by atoms with Crippen LogP contribution < -0.4 is 10.6 Å². The molecular formula is C14H17ClN2O3. The number of aliphatic carboxylic acids is 1. The number of hydrogen-bond donors (Lipinski definition) is 3. The molecule has 1 aromatic carbocycles. The fourth-order valence-electron chi connectivity index (χ4n) is 1.62. The van der Waals surface area contributed by atoms with Crippen LogP contribution in [-0.4, -0.2) is 23.1 Å². The lowest BCUT2D eigenvalue weighted by Crippen LogP contribution is -2.46. The predicted molar refractivity (Wildman–Crippen MR) is 77.8 cm³/mol. The van der Waals surface area contributed by atoms with E-state index >= 15 is 0 Å². The molecule has 5 nitrogen and oxygen atoms in total. The van der Waals surface area contributed by atoms with Crippen LogP contribution in [0.15, 0.2) is 36.9 Å². The van der Waals surface area contributed by atoms with Gasteiger partial charge in [-0.05, 0) is 31.0 Å². The van der Waals surface area contributed by atoms with Gasteiger partial charge in [0.1, 0.15) is 6.04 Å². The average molecular weight is 297 g/mol. The molecule has 1 rings (SSSR count). The van der Waals surface area contributed by atoms with Crippen LogP contribution in [0.2, 0.25) is 5.02 Å². The number of rotatable bonds is 6. The van der Waals surface area contributed by atoms with Gasteiger partial charge in [-0.25, -0.2) is 9.59 Å². The van der Waals surface area contributed by atoms with E-state index in [0.29, 0.717) is 5.02 Å². The Bertz CT molecular complexity index is 488. The normalized spacial score (nSPS) is 13.1. The van der Waals surface area contributed by atoms with Crippen molar-refractivity contribution in [3.8, 4) is 0 Å². The van der Waals surface area contributed by atoms with E-state index in [9.17, 15) is 9.59 Å². The first-order valence-electron chi connectivity index (χ1n) is 6.10. The van der Waals surface area contributed by atoms with Crippen molar-refractivity contribution in [2.75, 3.05) is 0 Å². The van der Waals surface area contributed by atoms with Crippen molar-refractivity contribution >= 4 is 23.6 Å². The zero-order valence-electron chi connectivity index (χ0n) is 11.1. The number of amides is 2. The Morgan fingerprint density at radius 1 is 1.35 bits per heavy atom. The molecule has 2 atom stereocenters. The highest BCUT2D eigenvalue weighted by Crippen LogP contribution is 2.15. The van der Waals surface area contributed by atoms with E-state index in [2.05, 4.69) is 17.2 Å². The minimum atomic E-state index is -1.10. The molecule has 0 fully saturated rings. The second-order valence-electron chi connectivity index (χ2n) is 4.31. The van der Waals surface area contributed by atoms with Crippen molar-refractivity contribution in [2.45, 2.75) is 25.4 Å². The molecule has 0 heterocycles. The van der Waals surface area contributed by atoms with E-state index in [1.807, 2.05) is 0 Å². The van der Waals surface area contributed by atoms with Crippen molar-refractivity contribution in [2.24, 2.45) is 0 Å². The molecule has 0 spiro atoms. The van der Waals surface area contributed by atoms with Crippen LogP contribution in [0.5, 0.6) is 0 Å². The van der Waals surface area contributed by atoms with Crippen LogP contribution >= 0.6 is 11.6 Å². The van der Waals surface area contributed by atoms with Crippen LogP contribution in [0.3, 0.4) is 0 Å². The van der Waals surface area contributed by atoms with E-state index < -0.39 is 18.0 Å². The summed E-state index contributed by atoms with van der Waals surface area (Å²) in [6.45, 7) is 5.26. The number of urea groups is 1. The molecule has 1 aromatic rings. The summed E-state index contributed by atoms with van der Waals surface area (Å²) in [4.78, 5) is 22.7. The summed E-state index contributed by atoms with van der Waals surface area (Å²) in [6.07, 6.45) is 1.61. The van der Waals surface area contributed by atoms with Crippen molar-refractivity contribution < 1.29 is 14.7 Å². The number of benzene rings is 1. The van der Waals surface area contributed by atoms with Crippen LogP contribution in [0.1, 0.15) is 24.9 Å². The first kappa shape index (κ1) is 16.0. The van der Waals surface area contributed by atoms with Crippen molar-refractivity contribution in [3.63, 3.8) is 0 Å². The summed E-state index contributed by atoms with van der Waals surface area (Å²) in [5.41, 5.74) is 0.875. The Morgan fingerprint density at radius 2 is 1.95 bits per heavy atom. The number of halogens is 1. The molecule has 3 N–H and O–H groups in total. The van der Waals surface area contributed by atoms with Crippen LogP contribution in [0.4, 0.5) is 4.79 Å². The lowest BCUT2D eigenvalue weighted by atomic mass is 10.1. The van der Waals surface area contributed by atoms with Crippen molar-refractivity contribution in [1.82, 2.24) is 10.6 Å². The van der Waals surface area contributed by atoms with Crippen molar-refractivity contribution in [3.05, 3.63) is 47.5 Å². The third-order valence-corrected chi connectivity index (χ3v) is 2.98. The quantitative estimate of drug-likeness (QED) is 0.706. The van der Waals surface area contributed by atoms with Gasteiger partial charge in [-0.1, -0.05) is 29.8 Å². The molecular weight excluding hydrogens is 280 g/mol. The van der Waals surface area contributed by atoms with E-state index in [1.54, 1.807) is 31.2 Å². The molecule has 0 saturated carbocycles. The Hall–Kier alpha value is -2.01. The summed E-state index contributed by atoms with van der Waals surface area (Å²) in [5, 5.41) is 14.6. The third-order valence-electron chi connectivity index (χ3n) is 2.72. The summed E-state index contributed by atoms with van der Waals surface area (Å²) >= 11 is 5.79. The minimum absolute atomic E-state index is 0.165. The van der Waals surface area contributed by atoms with Gasteiger partial charge < -0.3 is 15.7 Å². The molecule has 2 amide bonds. The number of carboxylic acid groups (broad SMARTS) is 1. The third kappa shape index (κ3) is 4.93. The highest BCUT2D eigenvalue weighted by Gasteiger charge is 2.19. The van der Waals surface area contributed by atoms with Crippen LogP contribution in [0, 0.1) is 0 Å². The summed E-state index contributed by atoms with van der Waals surface area (Å²) in [5.74, 6) is -1.10. The largest absolute Gasteiger partial charge is 0.480 e. The number of carboxylic acids is 1. The first-order valence-corrected chi connectivity index (χ1v) is 6.48. The lowest BCUT2D eigenvalue weighted by Gasteiger charge is -2.18. The number of carbonyl (C=O) groups excluding carboxylic acids is 1. The first-order chi connectivity index (χ1) is 9.43. The molecule has 2 unspecified atom stereocenters. The standard InChI is InChI=1S/C14H17ClN2O3/c1-3-4-12(13(18)19)17-14(20)16-9(2)10-5-7-11(15)8-6-10/h3,5-9,12H,1,4H2,2H3,(H,18,19)(H2,16,17,20). The van der Waals surface area contributed by atoms with Gasteiger partial charge in [0.25, 0.3) is 0 Å². The highest BCUT2D eigenvalue weighted by molar-refractivity contribution is 6.30. The SMILES string of the molecule is C=CCC(NC(=O)NC(C)c1ccc(Cl)cc1)C(=O)O. The van der Waals surface area contributed by atoms with Gasteiger partial charge >= 0.3 is 12.0 Å². The summed E-state index contributed by atoms with van der Waals surface area (Å²) in [6, 6.07) is 5.27. The minimum Gasteiger partial charge on any atom is -0.480 e. The number of carbonyl (C=O) groups is 2. The lowest BCUT2D eigenvalue weighted by molar-refractivity contribution is -0.139. The smallest absolute Gasteiger partial charge is 0.326 e. The number of hydrogen-bond acceptors (Lipinski definition) is 2. The molecule has 0 aliphatic carbocycles. The second-order valence-corrected chi connectivity index (χ2v) is 4.74. The highest BCUT2D eigenvalue weighted by atomic mass is 35.5. The van der Waals surface area contributed by atoms with Gasteiger partial charge in [0.2, 0.25) is 0 Å². The molecule has 0 aliphatic heterocycles. The van der Waals surface area contributed by atoms with Gasteiger partial charge in [-0.2, -0.15) is 0 Å². The summed E-state index contributed by atoms with van der Waals surface area (Å²) in [7, 11) is 0. The average Bonchev–Trinajstić information content (AvgIpc) is 2.38. The topological polar surface area (TPSA) is 78.4 Å². The van der Waals surface area contributed by atoms with Gasteiger partial charge in [0.05, 0.1) is 6.04 Å². The Labute approximate surface area is 122 Å². The van der Waals surface area contributed by atoms with Gasteiger partial charge in [0.15, 0.2) is 0 Å². The molecule has 20 heavy (non-hydrogen) atoms. The summed E-state index contributed by atoms with van der Waals surface area (Å²) < 4.78 is 0.